The molecule has 1 unspecified atom stereocenters. The van der Waals surface area contributed by atoms with Crippen molar-refractivity contribution in [3.8, 4) is 0 Å². The molecule has 92 valence electrons. The first-order valence-corrected chi connectivity index (χ1v) is 7.29. The van der Waals surface area contributed by atoms with Crippen LogP contribution < -0.4 is 0 Å². The number of rotatable bonds is 7. The summed E-state index contributed by atoms with van der Waals surface area (Å²) in [5.41, 5.74) is 0. The SMILES string of the molecule is CCCC(CCC)C(O)Cc1ccc(Cl)s1. The van der Waals surface area contributed by atoms with Crippen LogP contribution in [0.5, 0.6) is 0 Å². The van der Waals surface area contributed by atoms with Crippen LogP contribution in [0.4, 0.5) is 0 Å². The van der Waals surface area contributed by atoms with Gasteiger partial charge in [0.15, 0.2) is 0 Å². The number of hydrogen-bond acceptors (Lipinski definition) is 2. The second-order valence-corrected chi connectivity index (χ2v) is 6.11. The zero-order valence-electron chi connectivity index (χ0n) is 10.1. The van der Waals surface area contributed by atoms with E-state index in [4.69, 9.17) is 11.6 Å². The Morgan fingerprint density at radius 3 is 2.31 bits per heavy atom. The van der Waals surface area contributed by atoms with Crippen molar-refractivity contribution in [3.05, 3.63) is 21.3 Å². The molecule has 0 fully saturated rings. The van der Waals surface area contributed by atoms with Gasteiger partial charge < -0.3 is 5.11 Å². The molecule has 1 rings (SSSR count). The van der Waals surface area contributed by atoms with Gasteiger partial charge in [0.1, 0.15) is 0 Å². The van der Waals surface area contributed by atoms with E-state index in [-0.39, 0.29) is 6.10 Å². The van der Waals surface area contributed by atoms with Gasteiger partial charge in [-0.25, -0.2) is 0 Å². The van der Waals surface area contributed by atoms with Crippen molar-refractivity contribution in [2.24, 2.45) is 5.92 Å². The van der Waals surface area contributed by atoms with Crippen molar-refractivity contribution in [2.45, 2.75) is 52.1 Å². The van der Waals surface area contributed by atoms with Crippen LogP contribution in [-0.2, 0) is 6.42 Å². The zero-order valence-corrected chi connectivity index (χ0v) is 11.7. The molecule has 0 saturated heterocycles. The van der Waals surface area contributed by atoms with Gasteiger partial charge in [0, 0.05) is 11.3 Å². The van der Waals surface area contributed by atoms with Gasteiger partial charge in [0.2, 0.25) is 0 Å². The number of thiophene rings is 1. The Morgan fingerprint density at radius 2 is 1.88 bits per heavy atom. The molecule has 0 amide bonds. The lowest BCUT2D eigenvalue weighted by molar-refractivity contribution is 0.0971. The highest BCUT2D eigenvalue weighted by atomic mass is 35.5. The number of aliphatic hydroxyl groups excluding tert-OH is 1. The van der Waals surface area contributed by atoms with Crippen LogP contribution in [-0.4, -0.2) is 11.2 Å². The standard InChI is InChI=1S/C13H21ClOS/c1-3-5-10(6-4-2)12(15)9-11-7-8-13(14)16-11/h7-8,10,12,15H,3-6,9H2,1-2H3. The molecule has 1 aromatic rings. The summed E-state index contributed by atoms with van der Waals surface area (Å²) in [6, 6.07) is 3.92. The lowest BCUT2D eigenvalue weighted by Crippen LogP contribution is -2.22. The van der Waals surface area contributed by atoms with Crippen molar-refractivity contribution >= 4 is 22.9 Å². The maximum atomic E-state index is 10.2. The van der Waals surface area contributed by atoms with E-state index in [1.807, 2.05) is 12.1 Å². The van der Waals surface area contributed by atoms with Crippen LogP contribution in [0.15, 0.2) is 12.1 Å². The molecule has 1 heterocycles. The summed E-state index contributed by atoms with van der Waals surface area (Å²) in [5, 5.41) is 10.2. The fourth-order valence-electron chi connectivity index (χ4n) is 2.10. The highest BCUT2D eigenvalue weighted by Gasteiger charge is 2.18. The largest absolute Gasteiger partial charge is 0.392 e. The number of hydrogen-bond donors (Lipinski definition) is 1. The monoisotopic (exact) mass is 260 g/mol. The topological polar surface area (TPSA) is 20.2 Å². The third-order valence-corrected chi connectivity index (χ3v) is 4.16. The lowest BCUT2D eigenvalue weighted by atomic mass is 9.90. The highest BCUT2D eigenvalue weighted by molar-refractivity contribution is 7.16. The fraction of sp³-hybridized carbons (Fsp3) is 0.692. The fourth-order valence-corrected chi connectivity index (χ4v) is 3.24. The quantitative estimate of drug-likeness (QED) is 0.764. The van der Waals surface area contributed by atoms with E-state index < -0.39 is 0 Å². The first-order chi connectivity index (χ1) is 7.67. The Balaban J connectivity index is 2.50. The molecule has 0 aromatic carbocycles. The molecule has 0 bridgehead atoms. The van der Waals surface area contributed by atoms with Gasteiger partial charge in [-0.3, -0.25) is 0 Å². The molecule has 0 radical (unpaired) electrons. The summed E-state index contributed by atoms with van der Waals surface area (Å²) in [4.78, 5) is 1.19. The van der Waals surface area contributed by atoms with Gasteiger partial charge in [0.05, 0.1) is 10.4 Å². The van der Waals surface area contributed by atoms with E-state index in [9.17, 15) is 5.11 Å². The minimum Gasteiger partial charge on any atom is -0.392 e. The first-order valence-electron chi connectivity index (χ1n) is 6.09. The Bertz CT molecular complexity index is 292. The molecule has 0 aliphatic rings. The summed E-state index contributed by atoms with van der Waals surface area (Å²) in [7, 11) is 0. The zero-order chi connectivity index (χ0) is 12.0. The van der Waals surface area contributed by atoms with Gasteiger partial charge in [-0.05, 0) is 30.9 Å². The van der Waals surface area contributed by atoms with Gasteiger partial charge in [-0.2, -0.15) is 0 Å². The Morgan fingerprint density at radius 1 is 1.25 bits per heavy atom. The molecule has 1 aromatic heterocycles. The van der Waals surface area contributed by atoms with Gasteiger partial charge in [-0.15, -0.1) is 11.3 Å². The molecule has 1 N–H and O–H groups in total. The molecule has 1 atom stereocenters. The summed E-state index contributed by atoms with van der Waals surface area (Å²) < 4.78 is 0.810. The smallest absolute Gasteiger partial charge is 0.0931 e. The van der Waals surface area contributed by atoms with Crippen LogP contribution in [0, 0.1) is 5.92 Å². The van der Waals surface area contributed by atoms with E-state index in [2.05, 4.69) is 13.8 Å². The minimum absolute atomic E-state index is 0.213. The van der Waals surface area contributed by atoms with Crippen LogP contribution in [0.1, 0.15) is 44.4 Å². The molecule has 16 heavy (non-hydrogen) atoms. The van der Waals surface area contributed by atoms with Crippen molar-refractivity contribution < 1.29 is 5.11 Å². The minimum atomic E-state index is -0.213. The van der Waals surface area contributed by atoms with Crippen LogP contribution >= 0.6 is 22.9 Å². The van der Waals surface area contributed by atoms with E-state index in [1.165, 1.54) is 4.88 Å². The molecule has 0 saturated carbocycles. The van der Waals surface area contributed by atoms with E-state index >= 15 is 0 Å². The van der Waals surface area contributed by atoms with Gasteiger partial charge >= 0.3 is 0 Å². The van der Waals surface area contributed by atoms with Crippen LogP contribution in [0.25, 0.3) is 0 Å². The molecule has 1 nitrogen and oxygen atoms in total. The Hall–Kier alpha value is -0.0500. The third-order valence-electron chi connectivity index (χ3n) is 2.90. The second kappa shape index (κ2) is 7.31. The molecule has 3 heteroatoms. The third kappa shape index (κ3) is 4.44. The summed E-state index contributed by atoms with van der Waals surface area (Å²) in [6.07, 6.45) is 5.07. The summed E-state index contributed by atoms with van der Waals surface area (Å²) in [6.45, 7) is 4.36. The summed E-state index contributed by atoms with van der Waals surface area (Å²) in [5.74, 6) is 0.441. The van der Waals surface area contributed by atoms with Crippen molar-refractivity contribution in [1.29, 1.82) is 0 Å². The maximum absolute atomic E-state index is 10.2. The van der Waals surface area contributed by atoms with Crippen LogP contribution in [0.3, 0.4) is 0 Å². The lowest BCUT2D eigenvalue weighted by Gasteiger charge is -2.21. The summed E-state index contributed by atoms with van der Waals surface area (Å²) >= 11 is 7.46. The number of aliphatic hydroxyl groups is 1. The second-order valence-electron chi connectivity index (χ2n) is 4.31. The van der Waals surface area contributed by atoms with Crippen molar-refractivity contribution in [1.82, 2.24) is 0 Å². The predicted octanol–water partition coefficient (Wildman–Crippen LogP) is 4.52. The average Bonchev–Trinajstić information content (AvgIpc) is 2.63. The Labute approximate surface area is 107 Å². The van der Waals surface area contributed by atoms with E-state index in [0.29, 0.717) is 5.92 Å². The molecule has 0 aliphatic heterocycles. The van der Waals surface area contributed by atoms with Crippen molar-refractivity contribution in [3.63, 3.8) is 0 Å². The maximum Gasteiger partial charge on any atom is 0.0931 e. The average molecular weight is 261 g/mol. The molecular formula is C13H21ClOS. The van der Waals surface area contributed by atoms with Gasteiger partial charge in [-0.1, -0.05) is 38.3 Å². The van der Waals surface area contributed by atoms with E-state index in [1.54, 1.807) is 11.3 Å². The Kier molecular flexibility index (Phi) is 6.40. The normalized spacial score (nSPS) is 13.3. The van der Waals surface area contributed by atoms with Crippen LogP contribution in [0.2, 0.25) is 4.34 Å². The van der Waals surface area contributed by atoms with Crippen molar-refractivity contribution in [2.75, 3.05) is 0 Å². The van der Waals surface area contributed by atoms with Gasteiger partial charge in [0.25, 0.3) is 0 Å². The molecule has 0 aliphatic carbocycles. The molecule has 0 spiro atoms. The predicted molar refractivity (Wildman–Crippen MR) is 72.3 cm³/mol. The number of halogens is 1. The molecular weight excluding hydrogens is 240 g/mol. The first kappa shape index (κ1) is 14.0. The highest BCUT2D eigenvalue weighted by Crippen LogP contribution is 2.26. The van der Waals surface area contributed by atoms with E-state index in [0.717, 1.165) is 36.4 Å².